The Hall–Kier alpha value is -3.64. The lowest BCUT2D eigenvalue weighted by Gasteiger charge is -2.21. The summed E-state index contributed by atoms with van der Waals surface area (Å²) < 4.78 is 7.80. The van der Waals surface area contributed by atoms with Gasteiger partial charge in [-0.1, -0.05) is 48.5 Å². The van der Waals surface area contributed by atoms with Crippen LogP contribution in [0.2, 0.25) is 0 Å². The molecule has 32 heavy (non-hydrogen) atoms. The molecule has 1 aromatic heterocycles. The fourth-order valence-corrected chi connectivity index (χ4v) is 4.89. The number of aryl methyl sites for hydroxylation is 1. The molecule has 160 valence electrons. The molecule has 2 heterocycles. The highest BCUT2D eigenvalue weighted by atomic mass is 32.1. The molecule has 0 radical (unpaired) electrons. The molecular weight excluding hydrogens is 418 g/mol. The minimum atomic E-state index is -0.138. The normalized spacial score (nSPS) is 14.4. The third-order valence-electron chi connectivity index (χ3n) is 5.65. The first-order valence-electron chi connectivity index (χ1n) is 10.5. The van der Waals surface area contributed by atoms with E-state index in [0.717, 1.165) is 27.3 Å². The second-order valence-electron chi connectivity index (χ2n) is 7.81. The van der Waals surface area contributed by atoms with Crippen molar-refractivity contribution in [3.8, 4) is 17.0 Å². The zero-order chi connectivity index (χ0) is 22.1. The van der Waals surface area contributed by atoms with Gasteiger partial charge in [0, 0.05) is 10.9 Å². The number of anilines is 1. The summed E-state index contributed by atoms with van der Waals surface area (Å²) in [6.07, 6.45) is 0. The van der Waals surface area contributed by atoms with Crippen LogP contribution < -0.4 is 14.9 Å². The van der Waals surface area contributed by atoms with Gasteiger partial charge >= 0.3 is 0 Å². The van der Waals surface area contributed by atoms with E-state index in [1.807, 2.05) is 42.5 Å². The van der Waals surface area contributed by atoms with Gasteiger partial charge < -0.3 is 14.6 Å². The number of nitrogens with one attached hydrogen (secondary N) is 1. The van der Waals surface area contributed by atoms with Crippen LogP contribution in [0.5, 0.6) is 5.75 Å². The minimum Gasteiger partial charge on any atom is -0.482 e. The third-order valence-corrected chi connectivity index (χ3v) is 6.49. The van der Waals surface area contributed by atoms with Crippen LogP contribution in [0.15, 0.2) is 83.2 Å². The summed E-state index contributed by atoms with van der Waals surface area (Å²) in [6.45, 7) is 4.31. The second kappa shape index (κ2) is 8.48. The maximum absolute atomic E-state index is 11.8. The molecule has 1 aliphatic heterocycles. The molecule has 0 aliphatic carbocycles. The SMILES string of the molecule is Cc1ccccc1N=c1scc(-c2ccc3c(c2)NC(=O)CO3)n1C(C)c1ccccc1. The second-order valence-corrected chi connectivity index (χ2v) is 8.64. The average molecular weight is 442 g/mol. The molecule has 3 aromatic carbocycles. The van der Waals surface area contributed by atoms with Crippen molar-refractivity contribution >= 4 is 28.6 Å². The predicted octanol–water partition coefficient (Wildman–Crippen LogP) is 5.70. The van der Waals surface area contributed by atoms with Gasteiger partial charge in [0.05, 0.1) is 23.1 Å². The number of benzene rings is 3. The van der Waals surface area contributed by atoms with Crippen molar-refractivity contribution in [2.45, 2.75) is 19.9 Å². The van der Waals surface area contributed by atoms with Crippen molar-refractivity contribution in [2.75, 3.05) is 11.9 Å². The van der Waals surface area contributed by atoms with E-state index in [0.29, 0.717) is 11.4 Å². The molecule has 4 aromatic rings. The maximum atomic E-state index is 11.8. The van der Waals surface area contributed by atoms with E-state index in [1.54, 1.807) is 11.3 Å². The molecule has 1 unspecified atom stereocenters. The number of aromatic nitrogens is 1. The quantitative estimate of drug-likeness (QED) is 0.442. The molecular formula is C26H23N3O2S. The first-order valence-corrected chi connectivity index (χ1v) is 11.4. The van der Waals surface area contributed by atoms with Crippen molar-refractivity contribution in [2.24, 2.45) is 4.99 Å². The number of hydrogen-bond acceptors (Lipinski definition) is 4. The number of para-hydroxylation sites is 1. The number of thiazole rings is 1. The Morgan fingerprint density at radius 3 is 2.66 bits per heavy atom. The zero-order valence-electron chi connectivity index (χ0n) is 17.9. The van der Waals surface area contributed by atoms with Crippen LogP contribution in [0, 0.1) is 6.92 Å². The van der Waals surface area contributed by atoms with Gasteiger partial charge in [0.1, 0.15) is 5.75 Å². The summed E-state index contributed by atoms with van der Waals surface area (Å²) in [5.41, 5.74) is 6.03. The van der Waals surface area contributed by atoms with Gasteiger partial charge in [0.15, 0.2) is 11.4 Å². The number of hydrogen-bond donors (Lipinski definition) is 1. The molecule has 1 atom stereocenters. The van der Waals surface area contributed by atoms with Crippen molar-refractivity contribution in [3.63, 3.8) is 0 Å². The van der Waals surface area contributed by atoms with Gasteiger partial charge in [-0.25, -0.2) is 4.99 Å². The van der Waals surface area contributed by atoms with Crippen LogP contribution >= 0.6 is 11.3 Å². The van der Waals surface area contributed by atoms with E-state index in [9.17, 15) is 4.79 Å². The summed E-state index contributed by atoms with van der Waals surface area (Å²) in [5.74, 6) is 0.553. The fourth-order valence-electron chi connectivity index (χ4n) is 3.90. The van der Waals surface area contributed by atoms with Crippen molar-refractivity contribution in [1.82, 2.24) is 4.57 Å². The number of fused-ring (bicyclic) bond motifs is 1. The number of rotatable bonds is 4. The van der Waals surface area contributed by atoms with E-state index in [4.69, 9.17) is 9.73 Å². The molecule has 1 N–H and O–H groups in total. The Bertz CT molecular complexity index is 1360. The van der Waals surface area contributed by atoms with Crippen LogP contribution in [0.1, 0.15) is 24.1 Å². The van der Waals surface area contributed by atoms with Gasteiger partial charge in [-0.2, -0.15) is 0 Å². The summed E-state index contributed by atoms with van der Waals surface area (Å²) in [6, 6.07) is 24.6. The van der Waals surface area contributed by atoms with Gasteiger partial charge in [0.25, 0.3) is 5.91 Å². The number of carbonyl (C=O) groups excluding carboxylic acids is 1. The molecule has 5 rings (SSSR count). The third kappa shape index (κ3) is 3.85. The van der Waals surface area contributed by atoms with E-state index in [2.05, 4.69) is 59.4 Å². The smallest absolute Gasteiger partial charge is 0.262 e. The van der Waals surface area contributed by atoms with E-state index in [-0.39, 0.29) is 18.6 Å². The highest BCUT2D eigenvalue weighted by Gasteiger charge is 2.20. The summed E-state index contributed by atoms with van der Waals surface area (Å²) in [7, 11) is 0. The molecule has 0 spiro atoms. The summed E-state index contributed by atoms with van der Waals surface area (Å²) in [4.78, 5) is 17.8. The molecule has 6 heteroatoms. The Morgan fingerprint density at radius 2 is 1.84 bits per heavy atom. The van der Waals surface area contributed by atoms with Crippen LogP contribution in [-0.2, 0) is 4.79 Å². The molecule has 1 aliphatic rings. The van der Waals surface area contributed by atoms with Crippen molar-refractivity contribution in [1.29, 1.82) is 0 Å². The highest BCUT2D eigenvalue weighted by molar-refractivity contribution is 7.07. The maximum Gasteiger partial charge on any atom is 0.262 e. The topological polar surface area (TPSA) is 55.6 Å². The predicted molar refractivity (Wildman–Crippen MR) is 129 cm³/mol. The largest absolute Gasteiger partial charge is 0.482 e. The van der Waals surface area contributed by atoms with Gasteiger partial charge in [0.2, 0.25) is 0 Å². The monoisotopic (exact) mass is 441 g/mol. The minimum absolute atomic E-state index is 0.0509. The van der Waals surface area contributed by atoms with E-state index >= 15 is 0 Å². The zero-order valence-corrected chi connectivity index (χ0v) is 18.7. The lowest BCUT2D eigenvalue weighted by Crippen LogP contribution is -2.25. The summed E-state index contributed by atoms with van der Waals surface area (Å²) in [5, 5.41) is 5.04. The Labute approximate surface area is 190 Å². The first-order chi connectivity index (χ1) is 15.6. The van der Waals surface area contributed by atoms with Gasteiger partial charge in [-0.05, 0) is 49.2 Å². The number of amides is 1. The van der Waals surface area contributed by atoms with Crippen LogP contribution in [0.3, 0.4) is 0 Å². The molecule has 0 fully saturated rings. The Balaban J connectivity index is 1.69. The van der Waals surface area contributed by atoms with Crippen LogP contribution in [0.25, 0.3) is 11.3 Å². The number of carbonyl (C=O) groups is 1. The lowest BCUT2D eigenvalue weighted by molar-refractivity contribution is -0.118. The molecule has 5 nitrogen and oxygen atoms in total. The number of ether oxygens (including phenoxy) is 1. The van der Waals surface area contributed by atoms with Crippen molar-refractivity contribution in [3.05, 3.63) is 94.1 Å². The molecule has 0 bridgehead atoms. The summed E-state index contributed by atoms with van der Waals surface area (Å²) >= 11 is 1.61. The number of nitrogens with zero attached hydrogens (tertiary/aromatic N) is 2. The van der Waals surface area contributed by atoms with E-state index in [1.165, 1.54) is 5.56 Å². The van der Waals surface area contributed by atoms with Crippen molar-refractivity contribution < 1.29 is 9.53 Å². The van der Waals surface area contributed by atoms with Crippen LogP contribution in [0.4, 0.5) is 11.4 Å². The van der Waals surface area contributed by atoms with Crippen LogP contribution in [-0.4, -0.2) is 17.1 Å². The Morgan fingerprint density at radius 1 is 1.06 bits per heavy atom. The fraction of sp³-hybridized carbons (Fsp3) is 0.154. The van der Waals surface area contributed by atoms with Gasteiger partial charge in [-0.15, -0.1) is 11.3 Å². The first kappa shape index (κ1) is 20.3. The van der Waals surface area contributed by atoms with Gasteiger partial charge in [-0.3, -0.25) is 4.79 Å². The molecule has 0 saturated heterocycles. The average Bonchev–Trinajstić information content (AvgIpc) is 3.23. The van der Waals surface area contributed by atoms with E-state index < -0.39 is 0 Å². The molecule has 1 amide bonds. The highest BCUT2D eigenvalue weighted by Crippen LogP contribution is 2.34. The standard InChI is InChI=1S/C26H23N3O2S/c1-17-8-6-7-11-21(17)28-26-29(18(2)19-9-4-3-5-10-19)23(16-32-26)20-12-13-24-22(14-20)27-25(30)15-31-24/h3-14,16,18H,15H2,1-2H3,(H,27,30). The lowest BCUT2D eigenvalue weighted by atomic mass is 10.1. The molecule has 0 saturated carbocycles. The Kier molecular flexibility index (Phi) is 5.37.